The van der Waals surface area contributed by atoms with Crippen LogP contribution >= 0.6 is 11.6 Å². The zero-order chi connectivity index (χ0) is 12.9. The van der Waals surface area contributed by atoms with Crippen LogP contribution in [-0.2, 0) is 6.18 Å². The molecule has 0 unspecified atom stereocenters. The van der Waals surface area contributed by atoms with E-state index in [9.17, 15) is 13.2 Å². The highest BCUT2D eigenvalue weighted by atomic mass is 35.5. The Bertz CT molecular complexity index is 377. The van der Waals surface area contributed by atoms with Crippen molar-refractivity contribution in [1.82, 2.24) is 0 Å². The number of benzene rings is 1. The van der Waals surface area contributed by atoms with E-state index in [1.807, 2.05) is 0 Å². The van der Waals surface area contributed by atoms with E-state index >= 15 is 0 Å². The van der Waals surface area contributed by atoms with Crippen LogP contribution in [-0.4, -0.2) is 6.03 Å². The lowest BCUT2D eigenvalue weighted by molar-refractivity contribution is -0.137. The molecular formula is C8H9ClF3N3O. The number of hydrogen-bond donors (Lipinski definition) is 3. The first kappa shape index (κ1) is 14.4. The van der Waals surface area contributed by atoms with Crippen LogP contribution in [0.15, 0.2) is 18.2 Å². The van der Waals surface area contributed by atoms with Gasteiger partial charge in [0.25, 0.3) is 0 Å². The van der Waals surface area contributed by atoms with Gasteiger partial charge in [-0.25, -0.2) is 4.79 Å². The van der Waals surface area contributed by atoms with E-state index in [1.165, 1.54) is 12.1 Å². The molecule has 0 spiro atoms. The second-order valence-electron chi connectivity index (χ2n) is 2.61. The highest BCUT2D eigenvalue weighted by Gasteiger charge is 2.33. The van der Waals surface area contributed by atoms with Crippen molar-refractivity contribution in [3.63, 3.8) is 0 Å². The molecule has 0 aliphatic rings. The number of carbonyl (C=O) groups is 1. The fraction of sp³-hybridized carbons (Fsp3) is 0.125. The normalized spacial score (nSPS) is 10.2. The Labute approximate surface area is 94.1 Å². The zero-order valence-corrected chi connectivity index (χ0v) is 8.64. The maximum Gasteiger partial charge on any atom is 0.417 e. The number of primary amides is 2. The number of amides is 2. The van der Waals surface area contributed by atoms with Gasteiger partial charge < -0.3 is 17.2 Å². The molecule has 0 fully saturated rings. The highest BCUT2D eigenvalue weighted by Crippen LogP contribution is 2.36. The van der Waals surface area contributed by atoms with Crippen LogP contribution in [0, 0.1) is 0 Å². The minimum absolute atomic E-state index is 0.0634. The lowest BCUT2D eigenvalue weighted by Gasteiger charge is -2.09. The third-order valence-corrected chi connectivity index (χ3v) is 1.76. The summed E-state index contributed by atoms with van der Waals surface area (Å²) in [5.41, 5.74) is 12.7. The topological polar surface area (TPSA) is 95.1 Å². The second-order valence-corrected chi connectivity index (χ2v) is 2.99. The molecule has 0 aliphatic heterocycles. The van der Waals surface area contributed by atoms with Crippen molar-refractivity contribution in [3.05, 3.63) is 28.8 Å². The van der Waals surface area contributed by atoms with Crippen molar-refractivity contribution in [2.45, 2.75) is 6.18 Å². The predicted molar refractivity (Wildman–Crippen MR) is 54.6 cm³/mol. The summed E-state index contributed by atoms with van der Waals surface area (Å²) in [6, 6.07) is 2.58. The molecule has 0 saturated heterocycles. The molecule has 0 aliphatic carbocycles. The first-order valence-electron chi connectivity index (χ1n) is 3.82. The molecule has 0 heterocycles. The second kappa shape index (κ2) is 5.45. The molecule has 4 nitrogen and oxygen atoms in total. The van der Waals surface area contributed by atoms with Gasteiger partial charge in [0.1, 0.15) is 0 Å². The number of carbonyl (C=O) groups excluding carboxylic acids is 1. The molecule has 2 amide bonds. The number of halogens is 4. The lowest BCUT2D eigenvalue weighted by Crippen LogP contribution is -2.18. The van der Waals surface area contributed by atoms with Crippen LogP contribution in [0.5, 0.6) is 0 Å². The molecule has 1 aromatic carbocycles. The van der Waals surface area contributed by atoms with Crippen molar-refractivity contribution >= 4 is 23.3 Å². The number of urea groups is 1. The lowest BCUT2D eigenvalue weighted by atomic mass is 10.2. The molecule has 16 heavy (non-hydrogen) atoms. The number of nitrogens with two attached hydrogens (primary N) is 3. The highest BCUT2D eigenvalue weighted by molar-refractivity contribution is 6.33. The van der Waals surface area contributed by atoms with Gasteiger partial charge in [0.15, 0.2) is 0 Å². The van der Waals surface area contributed by atoms with Crippen LogP contribution in [0.3, 0.4) is 0 Å². The fourth-order valence-corrected chi connectivity index (χ4v) is 1.00. The predicted octanol–water partition coefficient (Wildman–Crippen LogP) is 1.96. The van der Waals surface area contributed by atoms with Crippen LogP contribution in [0.4, 0.5) is 23.7 Å². The van der Waals surface area contributed by atoms with Crippen LogP contribution in [0.1, 0.15) is 5.56 Å². The maximum absolute atomic E-state index is 12.1. The Morgan fingerprint density at radius 2 is 1.69 bits per heavy atom. The minimum atomic E-state index is -4.44. The van der Waals surface area contributed by atoms with Gasteiger partial charge in [-0.1, -0.05) is 17.7 Å². The first-order chi connectivity index (χ1) is 7.16. The third-order valence-electron chi connectivity index (χ3n) is 1.33. The van der Waals surface area contributed by atoms with Gasteiger partial charge in [0.2, 0.25) is 0 Å². The van der Waals surface area contributed by atoms with Crippen molar-refractivity contribution in [3.8, 4) is 0 Å². The molecule has 0 atom stereocenters. The van der Waals surface area contributed by atoms with Crippen LogP contribution in [0.25, 0.3) is 0 Å². The van der Waals surface area contributed by atoms with E-state index in [-0.39, 0.29) is 5.69 Å². The largest absolute Gasteiger partial charge is 0.417 e. The monoisotopic (exact) mass is 255 g/mol. The SMILES string of the molecule is NC(N)=O.Nc1cccc(C(F)(F)F)c1Cl. The standard InChI is InChI=1S/C7H5ClF3N.CH4N2O/c8-6-4(7(9,10)11)2-1-3-5(6)12;2-1(3)4/h1-3H,12H2;(H4,2,3,4). The zero-order valence-electron chi connectivity index (χ0n) is 7.88. The number of anilines is 1. The van der Waals surface area contributed by atoms with E-state index in [0.29, 0.717) is 0 Å². The summed E-state index contributed by atoms with van der Waals surface area (Å²) in [6.07, 6.45) is -4.44. The molecule has 90 valence electrons. The van der Waals surface area contributed by atoms with Crippen LogP contribution < -0.4 is 17.2 Å². The summed E-state index contributed by atoms with van der Waals surface area (Å²) >= 11 is 5.33. The van der Waals surface area contributed by atoms with Crippen molar-refractivity contribution in [1.29, 1.82) is 0 Å². The summed E-state index contributed by atoms with van der Waals surface area (Å²) in [4.78, 5) is 9.00. The van der Waals surface area contributed by atoms with Gasteiger partial charge in [-0.05, 0) is 12.1 Å². The quantitative estimate of drug-likeness (QED) is 0.618. The first-order valence-corrected chi connectivity index (χ1v) is 4.20. The Kier molecular flexibility index (Phi) is 4.90. The smallest absolute Gasteiger partial charge is 0.398 e. The molecule has 0 aromatic heterocycles. The Balaban J connectivity index is 0.000000487. The summed E-state index contributed by atoms with van der Waals surface area (Å²) in [5, 5.41) is -0.440. The van der Waals surface area contributed by atoms with Gasteiger partial charge in [-0.15, -0.1) is 0 Å². The molecule has 0 bridgehead atoms. The Hall–Kier alpha value is -1.63. The molecular weight excluding hydrogens is 247 g/mol. The Morgan fingerprint density at radius 3 is 2.00 bits per heavy atom. The molecule has 8 heteroatoms. The summed E-state index contributed by atoms with van der Waals surface area (Å²) in [6.45, 7) is 0. The number of hydrogen-bond acceptors (Lipinski definition) is 2. The Morgan fingerprint density at radius 1 is 1.25 bits per heavy atom. The van der Waals surface area contributed by atoms with E-state index in [2.05, 4.69) is 11.5 Å². The van der Waals surface area contributed by atoms with Crippen molar-refractivity contribution in [2.24, 2.45) is 11.5 Å². The van der Waals surface area contributed by atoms with Gasteiger partial charge in [-0.2, -0.15) is 13.2 Å². The van der Waals surface area contributed by atoms with Gasteiger partial charge in [0.05, 0.1) is 16.3 Å². The van der Waals surface area contributed by atoms with Crippen LogP contribution in [0.2, 0.25) is 5.02 Å². The average molecular weight is 256 g/mol. The third kappa shape index (κ3) is 4.74. The van der Waals surface area contributed by atoms with E-state index in [1.54, 1.807) is 0 Å². The molecule has 1 aromatic rings. The van der Waals surface area contributed by atoms with Gasteiger partial charge >= 0.3 is 12.2 Å². The number of nitrogen functional groups attached to an aromatic ring is 1. The summed E-state index contributed by atoms with van der Waals surface area (Å²) in [7, 11) is 0. The van der Waals surface area contributed by atoms with E-state index in [0.717, 1.165) is 6.07 Å². The summed E-state index contributed by atoms with van der Waals surface area (Å²) < 4.78 is 36.3. The van der Waals surface area contributed by atoms with Gasteiger partial charge in [-0.3, -0.25) is 0 Å². The molecule has 0 saturated carbocycles. The van der Waals surface area contributed by atoms with Crippen molar-refractivity contribution in [2.75, 3.05) is 5.73 Å². The maximum atomic E-state index is 12.1. The number of alkyl halides is 3. The average Bonchev–Trinajstić information content (AvgIpc) is 2.06. The van der Waals surface area contributed by atoms with E-state index < -0.39 is 22.8 Å². The minimum Gasteiger partial charge on any atom is -0.398 e. The fourth-order valence-electron chi connectivity index (χ4n) is 0.769. The number of rotatable bonds is 0. The van der Waals surface area contributed by atoms with Gasteiger partial charge in [0, 0.05) is 0 Å². The molecule has 0 radical (unpaired) electrons. The summed E-state index contributed by atoms with van der Waals surface area (Å²) in [5.74, 6) is 0. The van der Waals surface area contributed by atoms with E-state index in [4.69, 9.17) is 22.1 Å². The van der Waals surface area contributed by atoms with Crippen molar-refractivity contribution < 1.29 is 18.0 Å². The molecule has 6 N–H and O–H groups in total. The molecule has 1 rings (SSSR count).